The third-order valence-electron chi connectivity index (χ3n) is 4.92. The van der Waals surface area contributed by atoms with Gasteiger partial charge in [-0.05, 0) is 49.4 Å². The lowest BCUT2D eigenvalue weighted by Crippen LogP contribution is -2.06. The van der Waals surface area contributed by atoms with Crippen molar-refractivity contribution in [3.05, 3.63) is 77.1 Å². The third-order valence-corrected chi connectivity index (χ3v) is 4.92. The Morgan fingerprint density at radius 1 is 1.07 bits per heavy atom. The van der Waals surface area contributed by atoms with Crippen molar-refractivity contribution in [1.82, 2.24) is 5.32 Å². The van der Waals surface area contributed by atoms with E-state index < -0.39 is 5.97 Å². The third kappa shape index (κ3) is 3.52. The second kappa shape index (κ2) is 7.89. The maximum Gasteiger partial charge on any atom is 0.336 e. The largest absolute Gasteiger partial charge is 0.478 e. The summed E-state index contributed by atoms with van der Waals surface area (Å²) in [7, 11) is 1.90. The van der Waals surface area contributed by atoms with Crippen molar-refractivity contribution in [3.8, 4) is 22.5 Å². The summed E-state index contributed by atoms with van der Waals surface area (Å²) in [5.41, 5.74) is 4.47. The van der Waals surface area contributed by atoms with E-state index in [0.29, 0.717) is 23.5 Å². The van der Waals surface area contributed by atoms with Crippen LogP contribution in [0.5, 0.6) is 0 Å². The van der Waals surface area contributed by atoms with E-state index in [1.54, 1.807) is 12.1 Å². The van der Waals surface area contributed by atoms with Gasteiger partial charge in [0.05, 0.1) is 10.9 Å². The standard InChI is InChI=1S/C24H22N2O3/c1-3-26-16-9-11-20-22(13-16)29-21-12-15(14-25-2)8-10-19(21)23(20)17-6-4-5-7-18(17)24(27)28/h4-13,25H,3,14H2,1-2H3,(H,27,28). The van der Waals surface area contributed by atoms with Gasteiger partial charge in [0.2, 0.25) is 0 Å². The zero-order valence-corrected chi connectivity index (χ0v) is 16.4. The molecule has 146 valence electrons. The van der Waals surface area contributed by atoms with E-state index in [1.165, 1.54) is 0 Å². The second-order valence-electron chi connectivity index (χ2n) is 6.84. The molecule has 5 heteroatoms. The van der Waals surface area contributed by atoms with Crippen molar-refractivity contribution in [2.75, 3.05) is 13.6 Å². The number of carboxylic acid groups (broad SMARTS) is 1. The molecule has 0 bridgehead atoms. The number of hydrogen-bond acceptors (Lipinski definition) is 4. The van der Waals surface area contributed by atoms with E-state index in [9.17, 15) is 9.90 Å². The Bertz CT molecular complexity index is 1240. The lowest BCUT2D eigenvalue weighted by atomic mass is 9.90. The molecule has 0 atom stereocenters. The van der Waals surface area contributed by atoms with Crippen LogP contribution in [0.4, 0.5) is 0 Å². The van der Waals surface area contributed by atoms with Crippen LogP contribution in [0.15, 0.2) is 70.1 Å². The summed E-state index contributed by atoms with van der Waals surface area (Å²) in [6.07, 6.45) is 0. The Morgan fingerprint density at radius 3 is 2.66 bits per heavy atom. The highest BCUT2D eigenvalue weighted by atomic mass is 16.4. The average molecular weight is 386 g/mol. The monoisotopic (exact) mass is 386 g/mol. The molecule has 0 unspecified atom stereocenters. The summed E-state index contributed by atoms with van der Waals surface area (Å²) in [4.78, 5) is 16.4. The fraction of sp³-hybridized carbons (Fsp3) is 0.167. The Balaban J connectivity index is 2.13. The molecule has 2 aromatic rings. The van der Waals surface area contributed by atoms with E-state index >= 15 is 0 Å². The summed E-state index contributed by atoms with van der Waals surface area (Å²) in [5, 5.41) is 14.6. The molecule has 1 aliphatic heterocycles. The number of carbonyl (C=O) groups is 1. The lowest BCUT2D eigenvalue weighted by Gasteiger charge is -2.17. The predicted octanol–water partition coefficient (Wildman–Crippen LogP) is 4.54. The first-order valence-electron chi connectivity index (χ1n) is 9.59. The van der Waals surface area contributed by atoms with Crippen molar-refractivity contribution in [1.29, 1.82) is 0 Å². The van der Waals surface area contributed by atoms with Gasteiger partial charge in [0, 0.05) is 35.7 Å². The smallest absolute Gasteiger partial charge is 0.336 e. The number of hydrogen-bond donors (Lipinski definition) is 2. The van der Waals surface area contributed by atoms with Crippen molar-refractivity contribution in [2.24, 2.45) is 4.99 Å². The van der Waals surface area contributed by atoms with Gasteiger partial charge >= 0.3 is 5.97 Å². The van der Waals surface area contributed by atoms with Gasteiger partial charge in [-0.25, -0.2) is 4.79 Å². The number of nitrogens with one attached hydrogen (secondary N) is 1. The lowest BCUT2D eigenvalue weighted by molar-refractivity contribution is 0.0697. The summed E-state index contributed by atoms with van der Waals surface area (Å²) in [5.74, 6) is -0.268. The SMILES string of the molecule is CCN=c1ccc2c(-c3ccccc3C(=O)O)c3ccc(CNC)cc3oc-2c1. The van der Waals surface area contributed by atoms with Gasteiger partial charge in [-0.2, -0.15) is 0 Å². The van der Waals surface area contributed by atoms with Gasteiger partial charge in [-0.3, -0.25) is 4.99 Å². The van der Waals surface area contributed by atoms with Crippen LogP contribution in [-0.4, -0.2) is 24.7 Å². The Kier molecular flexibility index (Phi) is 5.14. The predicted molar refractivity (Wildman–Crippen MR) is 114 cm³/mol. The molecule has 0 saturated carbocycles. The molecule has 0 aromatic heterocycles. The molecule has 1 aliphatic carbocycles. The van der Waals surface area contributed by atoms with Gasteiger partial charge in [0.25, 0.3) is 0 Å². The van der Waals surface area contributed by atoms with E-state index in [2.05, 4.69) is 10.3 Å². The van der Waals surface area contributed by atoms with Crippen LogP contribution in [0, 0.1) is 0 Å². The van der Waals surface area contributed by atoms with E-state index in [0.717, 1.165) is 34.0 Å². The van der Waals surface area contributed by atoms with Crippen molar-refractivity contribution < 1.29 is 14.3 Å². The molecule has 0 spiro atoms. The van der Waals surface area contributed by atoms with Gasteiger partial charge in [0.15, 0.2) is 0 Å². The van der Waals surface area contributed by atoms with Crippen LogP contribution in [-0.2, 0) is 6.54 Å². The number of benzene rings is 3. The number of fused-ring (bicyclic) bond motifs is 2. The van der Waals surface area contributed by atoms with Crippen LogP contribution in [0.3, 0.4) is 0 Å². The van der Waals surface area contributed by atoms with Gasteiger partial charge in [-0.15, -0.1) is 0 Å². The molecule has 0 fully saturated rings. The maximum atomic E-state index is 11.9. The minimum atomic E-state index is -0.952. The van der Waals surface area contributed by atoms with Gasteiger partial charge in [0.1, 0.15) is 11.3 Å². The Labute approximate surface area is 168 Å². The van der Waals surface area contributed by atoms with Crippen molar-refractivity contribution >= 4 is 16.9 Å². The fourth-order valence-electron chi connectivity index (χ4n) is 3.70. The summed E-state index contributed by atoms with van der Waals surface area (Å²) in [6.45, 7) is 3.39. The molecular formula is C24H22N2O3. The average Bonchev–Trinajstić information content (AvgIpc) is 2.72. The minimum absolute atomic E-state index is 0.267. The zero-order chi connectivity index (χ0) is 20.4. The first-order valence-corrected chi connectivity index (χ1v) is 9.59. The number of carboxylic acids is 1. The topological polar surface area (TPSA) is 74.8 Å². The molecule has 2 aliphatic rings. The molecule has 0 amide bonds. The fourth-order valence-corrected chi connectivity index (χ4v) is 3.70. The Morgan fingerprint density at radius 2 is 1.90 bits per heavy atom. The van der Waals surface area contributed by atoms with Gasteiger partial charge < -0.3 is 14.8 Å². The molecule has 2 N–H and O–H groups in total. The molecule has 2 aromatic carbocycles. The van der Waals surface area contributed by atoms with Crippen LogP contribution in [0.25, 0.3) is 33.4 Å². The van der Waals surface area contributed by atoms with Crippen LogP contribution < -0.4 is 10.7 Å². The normalized spacial score (nSPS) is 12.0. The summed E-state index contributed by atoms with van der Waals surface area (Å²) >= 11 is 0. The maximum absolute atomic E-state index is 11.9. The summed E-state index contributed by atoms with van der Waals surface area (Å²) in [6, 6.07) is 18.9. The first kappa shape index (κ1) is 18.9. The first-order chi connectivity index (χ1) is 14.1. The molecule has 0 saturated heterocycles. The quantitative estimate of drug-likeness (QED) is 0.494. The molecular weight excluding hydrogens is 364 g/mol. The van der Waals surface area contributed by atoms with Gasteiger partial charge in [-0.1, -0.05) is 30.3 Å². The highest BCUT2D eigenvalue weighted by Gasteiger charge is 2.21. The van der Waals surface area contributed by atoms with Crippen LogP contribution in [0.1, 0.15) is 22.8 Å². The highest BCUT2D eigenvalue weighted by molar-refractivity contribution is 6.07. The summed E-state index contributed by atoms with van der Waals surface area (Å²) < 4.78 is 6.25. The second-order valence-corrected chi connectivity index (χ2v) is 6.84. The van der Waals surface area contributed by atoms with Crippen molar-refractivity contribution in [3.63, 3.8) is 0 Å². The van der Waals surface area contributed by atoms with Crippen LogP contribution in [0.2, 0.25) is 0 Å². The van der Waals surface area contributed by atoms with E-state index in [4.69, 9.17) is 4.42 Å². The molecule has 1 heterocycles. The highest BCUT2D eigenvalue weighted by Crippen LogP contribution is 2.41. The van der Waals surface area contributed by atoms with E-state index in [1.807, 2.05) is 62.5 Å². The zero-order valence-electron chi connectivity index (χ0n) is 16.4. The molecule has 0 radical (unpaired) electrons. The number of rotatable bonds is 5. The van der Waals surface area contributed by atoms with Crippen LogP contribution >= 0.6 is 0 Å². The number of nitrogens with zero attached hydrogens (tertiary/aromatic N) is 1. The van der Waals surface area contributed by atoms with Crippen molar-refractivity contribution in [2.45, 2.75) is 13.5 Å². The number of aromatic carboxylic acids is 1. The minimum Gasteiger partial charge on any atom is -0.478 e. The molecule has 29 heavy (non-hydrogen) atoms. The molecule has 5 nitrogen and oxygen atoms in total. The van der Waals surface area contributed by atoms with E-state index in [-0.39, 0.29) is 5.56 Å². The molecule has 4 rings (SSSR count). The Hall–Kier alpha value is -3.44.